The van der Waals surface area contributed by atoms with Crippen molar-refractivity contribution >= 4 is 54.2 Å². The number of sulfonamides is 1. The highest BCUT2D eigenvalue weighted by molar-refractivity contribution is 7.89. The standard InChI is InChI=1S/C49H79N7O14SSi/c1-31-41(57)54-37(44(60)65-13)29-32-16-18-38(66-25-21-51-45(61)69-47(2,3)4)34(28-32)35-30-33(17-19-39(35)67-26-22-52-46(62)70-48(5,6)7)40(42(58)53-31)56(12)43(59)36(55-71(63,64)27-23-50-11)20-24-68-72(14,15)49(8,9)10/h16-19,28,30-31,36-37,40,50,55H,20-27,29H2,1-15H3,(H,51,61)(H,52,62)(H,53,58)(H,54,57)/t31-,36-,37-,40-/m0/s1. The number of alkyl carbamates (subject to hydrolysis) is 2. The van der Waals surface area contributed by atoms with Crippen LogP contribution < -0.4 is 40.8 Å². The molecule has 0 saturated carbocycles. The zero-order valence-corrected chi connectivity index (χ0v) is 46.5. The summed E-state index contributed by atoms with van der Waals surface area (Å²) in [6, 6.07) is 4.37. The van der Waals surface area contributed by atoms with Crippen molar-refractivity contribution in [2.45, 2.75) is 136 Å². The molecule has 21 nitrogen and oxygen atoms in total. The molecule has 3 rings (SSSR count). The van der Waals surface area contributed by atoms with E-state index in [2.05, 4.69) is 52.1 Å². The van der Waals surface area contributed by atoms with Crippen LogP contribution in [0.1, 0.15) is 92.8 Å². The normalized spacial score (nSPS) is 17.2. The van der Waals surface area contributed by atoms with Gasteiger partial charge in [0.1, 0.15) is 60.1 Å². The Hall–Kier alpha value is -5.49. The van der Waals surface area contributed by atoms with E-state index in [9.17, 15) is 37.2 Å². The zero-order valence-electron chi connectivity index (χ0n) is 44.7. The molecule has 0 spiro atoms. The summed E-state index contributed by atoms with van der Waals surface area (Å²) in [7, 11) is -2.30. The molecule has 0 unspecified atom stereocenters. The number of fused-ring (bicyclic) bond motifs is 5. The van der Waals surface area contributed by atoms with Crippen molar-refractivity contribution in [2.75, 3.05) is 66.4 Å². The third kappa shape index (κ3) is 19.2. The van der Waals surface area contributed by atoms with Crippen LogP contribution in [-0.4, -0.2) is 153 Å². The van der Waals surface area contributed by atoms with E-state index in [1.54, 1.807) is 85.0 Å². The van der Waals surface area contributed by atoms with Crippen molar-refractivity contribution < 1.29 is 65.3 Å². The summed E-state index contributed by atoms with van der Waals surface area (Å²) in [6.45, 7) is 22.1. The van der Waals surface area contributed by atoms with E-state index in [1.807, 2.05) is 13.1 Å². The van der Waals surface area contributed by atoms with Gasteiger partial charge in [-0.2, -0.15) is 0 Å². The van der Waals surface area contributed by atoms with Gasteiger partial charge in [-0.1, -0.05) is 32.9 Å². The van der Waals surface area contributed by atoms with Gasteiger partial charge in [-0.3, -0.25) is 14.4 Å². The van der Waals surface area contributed by atoms with Gasteiger partial charge in [0.15, 0.2) is 8.32 Å². The van der Waals surface area contributed by atoms with Crippen molar-refractivity contribution in [3.8, 4) is 22.6 Å². The molecular formula is C49H79N7O14SSi. The van der Waals surface area contributed by atoms with Gasteiger partial charge < -0.3 is 59.6 Å². The van der Waals surface area contributed by atoms with Crippen LogP contribution in [-0.2, 0) is 54.3 Å². The highest BCUT2D eigenvalue weighted by Crippen LogP contribution is 2.41. The molecule has 1 heterocycles. The van der Waals surface area contributed by atoms with Gasteiger partial charge in [-0.05, 0) is 115 Å². The van der Waals surface area contributed by atoms with E-state index in [0.717, 1.165) is 4.90 Å². The molecule has 72 heavy (non-hydrogen) atoms. The predicted molar refractivity (Wildman–Crippen MR) is 275 cm³/mol. The molecule has 404 valence electrons. The number of methoxy groups -OCH3 is 1. The fourth-order valence-electron chi connectivity index (χ4n) is 6.89. The second kappa shape index (κ2) is 25.9. The summed E-state index contributed by atoms with van der Waals surface area (Å²) >= 11 is 0. The zero-order chi connectivity index (χ0) is 54.4. The predicted octanol–water partition coefficient (Wildman–Crippen LogP) is 4.30. The fraction of sp³-hybridized carbons (Fsp3) is 0.633. The Labute approximate surface area is 426 Å². The number of nitrogens with zero attached hydrogens (tertiary/aromatic N) is 1. The number of carbonyl (C=O) groups excluding carboxylic acids is 6. The van der Waals surface area contributed by atoms with Crippen LogP contribution in [0.25, 0.3) is 11.1 Å². The number of ether oxygens (including phenoxy) is 5. The molecule has 0 radical (unpaired) electrons. The summed E-state index contributed by atoms with van der Waals surface area (Å²) in [4.78, 5) is 82.9. The minimum atomic E-state index is -4.06. The van der Waals surface area contributed by atoms with E-state index in [1.165, 1.54) is 21.1 Å². The first kappa shape index (κ1) is 60.8. The monoisotopic (exact) mass is 1050 g/mol. The highest BCUT2D eigenvalue weighted by atomic mass is 32.2. The minimum Gasteiger partial charge on any atom is -0.491 e. The number of hydrogen-bond acceptors (Lipinski definition) is 15. The number of likely N-dealkylation sites (N-methyl/N-ethyl adjacent to an activating group) is 1. The molecule has 0 aromatic heterocycles. The molecule has 2 aromatic rings. The third-order valence-corrected chi connectivity index (χ3v) is 17.5. The highest BCUT2D eigenvalue weighted by Gasteiger charge is 2.40. The molecule has 1 aliphatic rings. The molecule has 4 bridgehead atoms. The van der Waals surface area contributed by atoms with Crippen LogP contribution in [0, 0.1) is 0 Å². The Morgan fingerprint density at radius 2 is 1.33 bits per heavy atom. The van der Waals surface area contributed by atoms with Crippen molar-refractivity contribution in [1.82, 2.24) is 36.2 Å². The first-order valence-corrected chi connectivity index (χ1v) is 28.5. The van der Waals surface area contributed by atoms with E-state index in [0.29, 0.717) is 16.7 Å². The average molecular weight is 1050 g/mol. The Balaban J connectivity index is 2.30. The van der Waals surface area contributed by atoms with Crippen molar-refractivity contribution in [1.29, 1.82) is 0 Å². The van der Waals surface area contributed by atoms with E-state index < -0.39 is 89.6 Å². The molecule has 0 saturated heterocycles. The van der Waals surface area contributed by atoms with Gasteiger partial charge in [0.05, 0.1) is 26.0 Å². The number of carbonyl (C=O) groups is 6. The van der Waals surface area contributed by atoms with Crippen LogP contribution >= 0.6 is 0 Å². The van der Waals surface area contributed by atoms with E-state index in [4.69, 9.17) is 28.1 Å². The Bertz CT molecular complexity index is 2330. The lowest BCUT2D eigenvalue weighted by Gasteiger charge is -2.37. The van der Waals surface area contributed by atoms with Crippen LogP contribution in [0.3, 0.4) is 0 Å². The first-order chi connectivity index (χ1) is 33.3. The molecule has 4 atom stereocenters. The van der Waals surface area contributed by atoms with Crippen molar-refractivity contribution in [2.24, 2.45) is 0 Å². The summed E-state index contributed by atoms with van der Waals surface area (Å²) in [6.07, 6.45) is -1.46. The van der Waals surface area contributed by atoms with Gasteiger partial charge in [-0.25, -0.2) is 27.5 Å². The second-order valence-electron chi connectivity index (χ2n) is 21.0. The van der Waals surface area contributed by atoms with Crippen molar-refractivity contribution in [3.05, 3.63) is 47.5 Å². The Morgan fingerprint density at radius 3 is 1.85 bits per heavy atom. The lowest BCUT2D eigenvalue weighted by atomic mass is 9.93. The smallest absolute Gasteiger partial charge is 0.407 e. The maximum absolute atomic E-state index is 14.9. The summed E-state index contributed by atoms with van der Waals surface area (Å²) in [5.74, 6) is -2.94. The molecule has 6 N–H and O–H groups in total. The van der Waals surface area contributed by atoms with E-state index in [-0.39, 0.29) is 80.2 Å². The summed E-state index contributed by atoms with van der Waals surface area (Å²) in [5, 5.41) is 13.3. The first-order valence-electron chi connectivity index (χ1n) is 24.0. The molecule has 2 aromatic carbocycles. The van der Waals surface area contributed by atoms with Crippen LogP contribution in [0.4, 0.5) is 9.59 Å². The van der Waals surface area contributed by atoms with Gasteiger partial charge in [0, 0.05) is 37.7 Å². The van der Waals surface area contributed by atoms with Crippen LogP contribution in [0.15, 0.2) is 36.4 Å². The van der Waals surface area contributed by atoms with E-state index >= 15 is 0 Å². The molecule has 1 aliphatic heterocycles. The fourth-order valence-corrected chi connectivity index (χ4v) is 9.20. The SMILES string of the molecule is CNCCS(=O)(=O)N[C@@H](CCO[Si](C)(C)C(C)(C)C)C(=O)N(C)[C@@H]1C(=O)N[C@@H](C)C(=O)N[C@H](C(=O)OC)Cc2ccc(OCCNC(=O)OC(C)(C)C)c(c2)-c2cc1ccc2OCCNC(=O)OC(C)(C)C. The molecule has 0 aliphatic carbocycles. The van der Waals surface area contributed by atoms with Gasteiger partial charge in [-0.15, -0.1) is 0 Å². The van der Waals surface area contributed by atoms with Crippen LogP contribution in [0.5, 0.6) is 11.5 Å². The van der Waals surface area contributed by atoms with Gasteiger partial charge >= 0.3 is 18.2 Å². The van der Waals surface area contributed by atoms with Gasteiger partial charge in [0.25, 0.3) is 0 Å². The lowest BCUT2D eigenvalue weighted by Crippen LogP contribution is -2.55. The quantitative estimate of drug-likeness (QED) is 0.0467. The average Bonchev–Trinajstić information content (AvgIpc) is 3.26. The molecule has 5 amide bonds. The maximum Gasteiger partial charge on any atom is 0.407 e. The third-order valence-electron chi connectivity index (χ3n) is 11.6. The van der Waals surface area contributed by atoms with Crippen molar-refractivity contribution in [3.63, 3.8) is 0 Å². The maximum atomic E-state index is 14.9. The number of benzene rings is 2. The number of esters is 1. The molecular weight excluding hydrogens is 971 g/mol. The largest absolute Gasteiger partial charge is 0.491 e. The van der Waals surface area contributed by atoms with Crippen LogP contribution in [0.2, 0.25) is 18.1 Å². The Morgan fingerprint density at radius 1 is 0.792 bits per heavy atom. The molecule has 23 heteroatoms. The number of amides is 5. The summed E-state index contributed by atoms with van der Waals surface area (Å²) in [5.41, 5.74) is -0.0465. The summed E-state index contributed by atoms with van der Waals surface area (Å²) < 4.78 is 64.3. The molecule has 0 fully saturated rings. The number of nitrogens with one attached hydrogen (secondary N) is 6. The van der Waals surface area contributed by atoms with Gasteiger partial charge in [0.2, 0.25) is 27.7 Å². The number of rotatable bonds is 20. The minimum absolute atomic E-state index is 0.0151. The number of hydrogen-bond donors (Lipinski definition) is 6. The second-order valence-corrected chi connectivity index (χ2v) is 27.7. The topological polar surface area (TPSA) is 267 Å². The lowest BCUT2D eigenvalue weighted by molar-refractivity contribution is -0.145. The Kier molecular flexibility index (Phi) is 21.9.